The van der Waals surface area contributed by atoms with Crippen LogP contribution in [0.1, 0.15) is 32.1 Å². The maximum atomic E-state index is 2.39. The molecule has 0 aromatic rings. The summed E-state index contributed by atoms with van der Waals surface area (Å²) in [6.45, 7) is 0. The van der Waals surface area contributed by atoms with Gasteiger partial charge in [-0.25, -0.2) is 0 Å². The van der Waals surface area contributed by atoms with E-state index in [1.54, 1.807) is 0 Å². The van der Waals surface area contributed by atoms with Crippen LogP contribution in [-0.4, -0.2) is 42.2 Å². The predicted molar refractivity (Wildman–Crippen MR) is 60.1 cm³/mol. The topological polar surface area (TPSA) is 0 Å². The first-order chi connectivity index (χ1) is 6.06. The van der Waals surface area contributed by atoms with Crippen molar-refractivity contribution in [3.05, 3.63) is 0 Å². The lowest BCUT2D eigenvalue weighted by Crippen LogP contribution is -3.00. The summed E-state index contributed by atoms with van der Waals surface area (Å²) in [7, 11) is 7.16. The number of nitrogens with zero attached hydrogens (tertiary/aromatic N) is 1. The molecule has 0 aromatic carbocycles. The Morgan fingerprint density at radius 1 is 1.14 bits per heavy atom. The quantitative estimate of drug-likeness (QED) is 0.463. The van der Waals surface area contributed by atoms with Crippen molar-refractivity contribution in [3.63, 3.8) is 0 Å². The van der Waals surface area contributed by atoms with E-state index in [4.69, 9.17) is 0 Å². The summed E-state index contributed by atoms with van der Waals surface area (Å²) in [6.07, 6.45) is 7.35. The van der Waals surface area contributed by atoms with E-state index >= 15 is 0 Å². The van der Waals surface area contributed by atoms with Gasteiger partial charge in [-0.1, -0.05) is 12.8 Å². The number of halogens is 1. The molecule has 14 heavy (non-hydrogen) atoms. The zero-order valence-corrected chi connectivity index (χ0v) is 12.5. The van der Waals surface area contributed by atoms with Crippen molar-refractivity contribution in [1.29, 1.82) is 0 Å². The Morgan fingerprint density at radius 2 is 1.86 bits per heavy atom. The van der Waals surface area contributed by atoms with E-state index < -0.39 is 0 Å². The van der Waals surface area contributed by atoms with E-state index in [-0.39, 0.29) is 24.0 Å². The van der Waals surface area contributed by atoms with Crippen molar-refractivity contribution >= 4 is 11.8 Å². The molecule has 0 spiro atoms. The van der Waals surface area contributed by atoms with Crippen molar-refractivity contribution in [3.8, 4) is 0 Å². The smallest absolute Gasteiger partial charge is 0.120 e. The molecule has 2 rings (SSSR count). The molecular formula is C11H22INS. The van der Waals surface area contributed by atoms with E-state index in [1.807, 2.05) is 0 Å². The van der Waals surface area contributed by atoms with Gasteiger partial charge in [-0.15, -0.1) is 11.8 Å². The standard InChI is InChI=1S/C11H22NS.HI/c1-12(2,3)11-8-6-4-5-7-10(11)13-9-11;/h10H,4-9H2,1-3H3;1H/q+1;/p-1. The molecule has 3 heteroatoms. The van der Waals surface area contributed by atoms with Gasteiger partial charge in [0.2, 0.25) is 0 Å². The fraction of sp³-hybridized carbons (Fsp3) is 1.00. The first-order valence-electron chi connectivity index (χ1n) is 5.49. The lowest BCUT2D eigenvalue weighted by atomic mass is 9.87. The maximum Gasteiger partial charge on any atom is 0.120 e. The Hall–Kier alpha value is 1.04. The highest BCUT2D eigenvalue weighted by atomic mass is 127. The van der Waals surface area contributed by atoms with Gasteiger partial charge in [-0.3, -0.25) is 0 Å². The molecule has 0 amide bonds. The Balaban J connectivity index is 0.000000980. The van der Waals surface area contributed by atoms with Crippen LogP contribution in [0.3, 0.4) is 0 Å². The van der Waals surface area contributed by atoms with Crippen LogP contribution in [0.2, 0.25) is 0 Å². The van der Waals surface area contributed by atoms with E-state index in [0.29, 0.717) is 5.54 Å². The van der Waals surface area contributed by atoms with Gasteiger partial charge in [-0.05, 0) is 12.8 Å². The third-order valence-electron chi connectivity index (χ3n) is 4.05. The molecule has 2 aliphatic rings. The van der Waals surface area contributed by atoms with Crippen LogP contribution in [0.5, 0.6) is 0 Å². The number of hydrogen-bond acceptors (Lipinski definition) is 1. The number of quaternary nitrogens is 1. The number of thioether (sulfide) groups is 1. The minimum atomic E-state index is 0. The fourth-order valence-corrected chi connectivity index (χ4v) is 4.96. The summed E-state index contributed by atoms with van der Waals surface area (Å²) in [5.74, 6) is 1.40. The molecule has 2 fully saturated rings. The van der Waals surface area contributed by atoms with Gasteiger partial charge in [-0.2, -0.15) is 0 Å². The molecule has 2 unspecified atom stereocenters. The number of fused-ring (bicyclic) bond motifs is 1. The molecule has 0 bridgehead atoms. The zero-order valence-electron chi connectivity index (χ0n) is 9.55. The second kappa shape index (κ2) is 4.50. The van der Waals surface area contributed by atoms with E-state index in [1.165, 1.54) is 42.3 Å². The average Bonchev–Trinajstić information content (AvgIpc) is 2.09. The maximum absolute atomic E-state index is 2.39. The predicted octanol–water partition coefficient (Wildman–Crippen LogP) is -0.485. The van der Waals surface area contributed by atoms with Crippen LogP contribution in [-0.2, 0) is 0 Å². The Kier molecular flexibility index (Phi) is 4.21. The second-order valence-electron chi connectivity index (χ2n) is 5.52. The summed E-state index contributed by atoms with van der Waals surface area (Å²) in [6, 6.07) is 0. The van der Waals surface area contributed by atoms with E-state index in [9.17, 15) is 0 Å². The van der Waals surface area contributed by atoms with Crippen molar-refractivity contribution in [2.24, 2.45) is 0 Å². The normalized spacial score (nSPS) is 37.5. The van der Waals surface area contributed by atoms with Crippen LogP contribution in [0, 0.1) is 0 Å². The Bertz CT molecular complexity index is 202. The van der Waals surface area contributed by atoms with E-state index in [0.717, 1.165) is 5.25 Å². The Morgan fingerprint density at radius 3 is 2.36 bits per heavy atom. The molecule has 1 heterocycles. The number of rotatable bonds is 1. The van der Waals surface area contributed by atoms with Gasteiger partial charge >= 0.3 is 0 Å². The summed E-state index contributed by atoms with van der Waals surface area (Å²) in [4.78, 5) is 0. The largest absolute Gasteiger partial charge is 1.00 e. The van der Waals surface area contributed by atoms with Gasteiger partial charge in [0.05, 0.1) is 32.1 Å². The van der Waals surface area contributed by atoms with Crippen LogP contribution in [0.15, 0.2) is 0 Å². The monoisotopic (exact) mass is 327 g/mol. The lowest BCUT2D eigenvalue weighted by molar-refractivity contribution is -0.922. The van der Waals surface area contributed by atoms with Crippen molar-refractivity contribution in [1.82, 2.24) is 0 Å². The molecule has 0 N–H and O–H groups in total. The summed E-state index contributed by atoms with van der Waals surface area (Å²) < 4.78 is 1.19. The highest BCUT2D eigenvalue weighted by Gasteiger charge is 2.56. The SMILES string of the molecule is C[N+](C)(C)C12CCCCCC1SC2.[I-]. The first kappa shape index (κ1) is 13.1. The van der Waals surface area contributed by atoms with Gasteiger partial charge in [0.15, 0.2) is 0 Å². The van der Waals surface area contributed by atoms with Gasteiger partial charge in [0.1, 0.15) is 5.54 Å². The number of hydrogen-bond donors (Lipinski definition) is 0. The minimum absolute atomic E-state index is 0. The van der Waals surface area contributed by atoms with Gasteiger partial charge in [0.25, 0.3) is 0 Å². The third kappa shape index (κ3) is 1.96. The summed E-state index contributed by atoms with van der Waals surface area (Å²) in [5.41, 5.74) is 0.640. The molecule has 1 aliphatic carbocycles. The molecule has 1 aliphatic heterocycles. The Labute approximate surface area is 110 Å². The third-order valence-corrected chi connectivity index (χ3v) is 5.79. The van der Waals surface area contributed by atoms with Crippen LogP contribution < -0.4 is 24.0 Å². The molecular weight excluding hydrogens is 305 g/mol. The van der Waals surface area contributed by atoms with E-state index in [2.05, 4.69) is 32.9 Å². The summed E-state index contributed by atoms with van der Waals surface area (Å²) >= 11 is 2.21. The summed E-state index contributed by atoms with van der Waals surface area (Å²) in [5, 5.41) is 0.968. The first-order valence-corrected chi connectivity index (χ1v) is 6.54. The molecule has 1 saturated heterocycles. The highest BCUT2D eigenvalue weighted by molar-refractivity contribution is 8.01. The van der Waals surface area contributed by atoms with Crippen molar-refractivity contribution < 1.29 is 28.5 Å². The highest BCUT2D eigenvalue weighted by Crippen LogP contribution is 2.51. The fourth-order valence-electron chi connectivity index (χ4n) is 2.88. The molecule has 1 nitrogen and oxygen atoms in total. The van der Waals surface area contributed by atoms with Gasteiger partial charge in [0, 0.05) is 6.42 Å². The zero-order chi connectivity index (χ0) is 9.53. The molecule has 84 valence electrons. The van der Waals surface area contributed by atoms with Crippen LogP contribution in [0.4, 0.5) is 0 Å². The molecule has 0 radical (unpaired) electrons. The van der Waals surface area contributed by atoms with Crippen molar-refractivity contribution in [2.75, 3.05) is 26.9 Å². The van der Waals surface area contributed by atoms with Crippen LogP contribution in [0.25, 0.3) is 0 Å². The molecule has 2 atom stereocenters. The molecule has 0 aromatic heterocycles. The van der Waals surface area contributed by atoms with Crippen LogP contribution >= 0.6 is 11.8 Å². The average molecular weight is 327 g/mol. The second-order valence-corrected chi connectivity index (χ2v) is 6.71. The van der Waals surface area contributed by atoms with Crippen molar-refractivity contribution in [2.45, 2.75) is 42.9 Å². The lowest BCUT2D eigenvalue weighted by Gasteiger charge is -2.56. The minimum Gasteiger partial charge on any atom is -1.00 e. The molecule has 1 saturated carbocycles. The van der Waals surface area contributed by atoms with Gasteiger partial charge < -0.3 is 28.5 Å².